The number of rotatable bonds is 9. The summed E-state index contributed by atoms with van der Waals surface area (Å²) in [6.07, 6.45) is 0. The predicted octanol–water partition coefficient (Wildman–Crippen LogP) is 0.462. The quantitative estimate of drug-likeness (QED) is 0.667. The molecule has 21 heavy (non-hydrogen) atoms. The fourth-order valence-corrected chi connectivity index (χ4v) is 1.64. The average Bonchev–Trinajstić information content (AvgIpc) is 2.34. The number of hydrogen-bond acceptors (Lipinski definition) is 5. The average molecular weight is 301 g/mol. The van der Waals surface area contributed by atoms with E-state index in [1.165, 1.54) is 25.7 Å². The summed E-state index contributed by atoms with van der Waals surface area (Å²) in [6.45, 7) is 8.93. The van der Waals surface area contributed by atoms with E-state index in [-0.39, 0.29) is 43.5 Å². The monoisotopic (exact) mass is 301 g/mol. The molecule has 0 heterocycles. The van der Waals surface area contributed by atoms with Crippen LogP contribution in [0.5, 0.6) is 0 Å². The topological polar surface area (TPSA) is 101 Å². The molecule has 0 spiro atoms. The number of urea groups is 1. The van der Waals surface area contributed by atoms with Crippen molar-refractivity contribution < 1.29 is 19.2 Å². The van der Waals surface area contributed by atoms with Crippen molar-refractivity contribution in [2.75, 3.05) is 32.7 Å². The van der Waals surface area contributed by atoms with Gasteiger partial charge >= 0.3 is 6.03 Å². The maximum absolute atomic E-state index is 11.1. The van der Waals surface area contributed by atoms with Crippen LogP contribution in [-0.2, 0) is 14.4 Å². The second-order valence-corrected chi connectivity index (χ2v) is 4.58. The van der Waals surface area contributed by atoms with E-state index < -0.39 is 6.03 Å². The number of carbonyl (C=O) groups excluding carboxylic acids is 4. The zero-order valence-electron chi connectivity index (χ0n) is 13.6. The van der Waals surface area contributed by atoms with E-state index in [0.717, 1.165) is 0 Å². The normalized spacial score (nSPS) is 9.62. The number of nitrogens with two attached hydrogens (primary N) is 1. The lowest BCUT2D eigenvalue weighted by Gasteiger charge is -2.24. The molecule has 0 rings (SSSR count). The molecule has 0 saturated heterocycles. The third-order valence-corrected chi connectivity index (χ3v) is 2.30. The smallest absolute Gasteiger partial charge is 0.315 e. The molecule has 0 saturated carbocycles. The predicted molar refractivity (Wildman–Crippen MR) is 81.0 cm³/mol. The summed E-state index contributed by atoms with van der Waals surface area (Å²) in [6, 6.07) is -0.694. The Morgan fingerprint density at radius 3 is 1.43 bits per heavy atom. The maximum atomic E-state index is 11.1. The summed E-state index contributed by atoms with van der Waals surface area (Å²) < 4.78 is 0. The SMILES string of the molecule is CC.CC(=O)CN(CCN(CC(C)=O)C(N)=O)CC(C)=O. The Balaban J connectivity index is 0. The minimum Gasteiger partial charge on any atom is -0.351 e. The van der Waals surface area contributed by atoms with Crippen LogP contribution in [-0.4, -0.2) is 65.9 Å². The number of amides is 2. The fraction of sp³-hybridized carbons (Fsp3) is 0.714. The van der Waals surface area contributed by atoms with Crippen LogP contribution in [0.4, 0.5) is 4.79 Å². The van der Waals surface area contributed by atoms with Gasteiger partial charge in [0.2, 0.25) is 0 Å². The molecule has 0 fully saturated rings. The molecule has 0 aliphatic rings. The van der Waals surface area contributed by atoms with Crippen LogP contribution >= 0.6 is 0 Å². The molecule has 0 aromatic carbocycles. The van der Waals surface area contributed by atoms with Crippen molar-refractivity contribution in [2.45, 2.75) is 34.6 Å². The molecule has 0 aliphatic carbocycles. The van der Waals surface area contributed by atoms with Gasteiger partial charge in [0.15, 0.2) is 0 Å². The van der Waals surface area contributed by atoms with Crippen LogP contribution in [0.2, 0.25) is 0 Å². The number of hydrogen-bond donors (Lipinski definition) is 1. The van der Waals surface area contributed by atoms with Gasteiger partial charge in [-0.2, -0.15) is 0 Å². The molecule has 0 aromatic heterocycles. The minimum atomic E-state index is -0.694. The second kappa shape index (κ2) is 12.0. The molecule has 122 valence electrons. The Bertz CT molecular complexity index is 353. The van der Waals surface area contributed by atoms with E-state index >= 15 is 0 Å². The van der Waals surface area contributed by atoms with Crippen LogP contribution in [0.25, 0.3) is 0 Å². The number of carbonyl (C=O) groups is 4. The van der Waals surface area contributed by atoms with E-state index in [2.05, 4.69) is 0 Å². The van der Waals surface area contributed by atoms with E-state index in [1.54, 1.807) is 4.90 Å². The van der Waals surface area contributed by atoms with E-state index in [1.807, 2.05) is 13.8 Å². The van der Waals surface area contributed by atoms with Crippen molar-refractivity contribution in [3.05, 3.63) is 0 Å². The second-order valence-electron chi connectivity index (χ2n) is 4.58. The molecular weight excluding hydrogens is 274 g/mol. The molecule has 7 nitrogen and oxygen atoms in total. The van der Waals surface area contributed by atoms with Crippen molar-refractivity contribution >= 4 is 23.4 Å². The summed E-state index contributed by atoms with van der Waals surface area (Å²) in [5, 5.41) is 0. The van der Waals surface area contributed by atoms with Gasteiger partial charge in [-0.1, -0.05) is 13.8 Å². The van der Waals surface area contributed by atoms with Crippen LogP contribution in [0.1, 0.15) is 34.6 Å². The number of ketones is 3. The molecular formula is C14H27N3O4. The highest BCUT2D eigenvalue weighted by molar-refractivity contribution is 5.83. The molecule has 0 aliphatic heterocycles. The lowest BCUT2D eigenvalue weighted by Crippen LogP contribution is -2.45. The summed E-state index contributed by atoms with van der Waals surface area (Å²) >= 11 is 0. The van der Waals surface area contributed by atoms with Crippen LogP contribution in [0, 0.1) is 0 Å². The van der Waals surface area contributed by atoms with Gasteiger partial charge in [0.25, 0.3) is 0 Å². The largest absolute Gasteiger partial charge is 0.351 e. The first kappa shape index (κ1) is 21.5. The molecule has 0 bridgehead atoms. The highest BCUT2D eigenvalue weighted by Crippen LogP contribution is 1.95. The fourth-order valence-electron chi connectivity index (χ4n) is 1.64. The first-order chi connectivity index (χ1) is 9.72. The third-order valence-electron chi connectivity index (χ3n) is 2.30. The summed E-state index contributed by atoms with van der Waals surface area (Å²) in [4.78, 5) is 47.1. The molecule has 0 aromatic rings. The summed E-state index contributed by atoms with van der Waals surface area (Å²) in [7, 11) is 0. The van der Waals surface area contributed by atoms with E-state index in [0.29, 0.717) is 6.54 Å². The van der Waals surface area contributed by atoms with Crippen LogP contribution in [0.15, 0.2) is 0 Å². The Kier molecular flexibility index (Phi) is 12.3. The van der Waals surface area contributed by atoms with Crippen molar-refractivity contribution in [1.29, 1.82) is 0 Å². The first-order valence-electron chi connectivity index (χ1n) is 6.97. The van der Waals surface area contributed by atoms with Gasteiger partial charge in [0.05, 0.1) is 19.6 Å². The van der Waals surface area contributed by atoms with Gasteiger partial charge in [-0.05, 0) is 20.8 Å². The molecule has 0 radical (unpaired) electrons. The van der Waals surface area contributed by atoms with Gasteiger partial charge < -0.3 is 10.6 Å². The molecule has 7 heteroatoms. The van der Waals surface area contributed by atoms with Gasteiger partial charge in [-0.15, -0.1) is 0 Å². The van der Waals surface area contributed by atoms with Gasteiger partial charge in [0, 0.05) is 13.1 Å². The molecule has 2 N–H and O–H groups in total. The number of nitrogens with zero attached hydrogens (tertiary/aromatic N) is 2. The lowest BCUT2D eigenvalue weighted by molar-refractivity contribution is -0.121. The Morgan fingerprint density at radius 1 is 0.762 bits per heavy atom. The summed E-state index contributed by atoms with van der Waals surface area (Å²) in [5.41, 5.74) is 5.16. The number of primary amides is 1. The van der Waals surface area contributed by atoms with E-state index in [9.17, 15) is 19.2 Å². The van der Waals surface area contributed by atoms with Crippen molar-refractivity contribution in [2.24, 2.45) is 5.73 Å². The molecule has 0 unspecified atom stereocenters. The Morgan fingerprint density at radius 2 is 1.14 bits per heavy atom. The maximum Gasteiger partial charge on any atom is 0.315 e. The van der Waals surface area contributed by atoms with Crippen molar-refractivity contribution in [3.63, 3.8) is 0 Å². The summed E-state index contributed by atoms with van der Waals surface area (Å²) in [5.74, 6) is -0.319. The minimum absolute atomic E-state index is 0.0662. The van der Waals surface area contributed by atoms with Crippen LogP contribution in [0.3, 0.4) is 0 Å². The molecule has 2 amide bonds. The highest BCUT2D eigenvalue weighted by Gasteiger charge is 2.15. The van der Waals surface area contributed by atoms with Crippen LogP contribution < -0.4 is 5.73 Å². The lowest BCUT2D eigenvalue weighted by atomic mass is 10.3. The number of Topliss-reactive ketones (excluding diaryl/α,β-unsaturated/α-hetero) is 3. The van der Waals surface area contributed by atoms with Gasteiger partial charge in [-0.25, -0.2) is 4.79 Å². The van der Waals surface area contributed by atoms with Gasteiger partial charge in [-0.3, -0.25) is 19.3 Å². The van der Waals surface area contributed by atoms with Crippen molar-refractivity contribution in [3.8, 4) is 0 Å². The molecule has 0 atom stereocenters. The highest BCUT2D eigenvalue weighted by atomic mass is 16.2. The standard InChI is InChI=1S/C12H21N3O4.C2H6/c1-9(16)6-14(7-10(2)17)4-5-15(12(13)19)8-11(3)18;1-2/h4-8H2,1-3H3,(H2,13,19);1-2H3. The zero-order chi connectivity index (χ0) is 17.0. The third kappa shape index (κ3) is 13.0. The van der Waals surface area contributed by atoms with E-state index in [4.69, 9.17) is 5.73 Å². The Hall–Kier alpha value is -1.76. The Labute approximate surface area is 126 Å². The van der Waals surface area contributed by atoms with Crippen molar-refractivity contribution in [1.82, 2.24) is 9.80 Å². The van der Waals surface area contributed by atoms with Gasteiger partial charge in [0.1, 0.15) is 17.3 Å². The first-order valence-corrected chi connectivity index (χ1v) is 6.97. The zero-order valence-corrected chi connectivity index (χ0v) is 13.6.